The van der Waals surface area contributed by atoms with Crippen LogP contribution in [0, 0.1) is 0 Å². The number of hydrogen-bond donors (Lipinski definition) is 2. The average molecular weight is 285 g/mol. The Balaban J connectivity index is 2.49. The van der Waals surface area contributed by atoms with Crippen LogP contribution in [0.3, 0.4) is 0 Å². The van der Waals surface area contributed by atoms with Gasteiger partial charge in [-0.05, 0) is 38.0 Å². The summed E-state index contributed by atoms with van der Waals surface area (Å²) in [7, 11) is 1.64. The van der Waals surface area contributed by atoms with E-state index in [-0.39, 0.29) is 6.03 Å². The molecule has 0 bridgehead atoms. The van der Waals surface area contributed by atoms with Gasteiger partial charge in [-0.3, -0.25) is 0 Å². The Morgan fingerprint density at radius 1 is 1.32 bits per heavy atom. The van der Waals surface area contributed by atoms with E-state index >= 15 is 0 Å². The molecule has 0 aliphatic heterocycles. The van der Waals surface area contributed by atoms with Gasteiger partial charge in [-0.25, -0.2) is 4.79 Å². The molecular formula is C14H21ClN2O2. The molecule has 0 aliphatic carbocycles. The van der Waals surface area contributed by atoms with Crippen molar-refractivity contribution in [1.82, 2.24) is 10.6 Å². The first-order valence-electron chi connectivity index (χ1n) is 6.26. The molecule has 0 saturated carbocycles. The van der Waals surface area contributed by atoms with Crippen molar-refractivity contribution in [3.8, 4) is 0 Å². The SMILES string of the molecule is COCCCNC(=O)NC(C)(C)c1ccc(Cl)cc1. The second-order valence-electron chi connectivity index (χ2n) is 4.86. The molecule has 0 aromatic heterocycles. The summed E-state index contributed by atoms with van der Waals surface area (Å²) in [6.07, 6.45) is 0.797. The summed E-state index contributed by atoms with van der Waals surface area (Å²) in [6, 6.07) is 7.27. The summed E-state index contributed by atoms with van der Waals surface area (Å²) in [5.41, 5.74) is 0.555. The lowest BCUT2D eigenvalue weighted by molar-refractivity contribution is 0.192. The molecule has 0 spiro atoms. The summed E-state index contributed by atoms with van der Waals surface area (Å²) in [6.45, 7) is 5.13. The quantitative estimate of drug-likeness (QED) is 0.789. The van der Waals surface area contributed by atoms with Gasteiger partial charge in [0, 0.05) is 25.3 Å². The van der Waals surface area contributed by atoms with Crippen molar-refractivity contribution in [2.75, 3.05) is 20.3 Å². The smallest absolute Gasteiger partial charge is 0.315 e. The van der Waals surface area contributed by atoms with E-state index in [4.69, 9.17) is 16.3 Å². The molecule has 5 heteroatoms. The van der Waals surface area contributed by atoms with Gasteiger partial charge in [-0.1, -0.05) is 23.7 Å². The zero-order chi connectivity index (χ0) is 14.3. The molecule has 0 atom stereocenters. The molecule has 2 amide bonds. The number of nitrogens with one attached hydrogen (secondary N) is 2. The monoisotopic (exact) mass is 284 g/mol. The predicted octanol–water partition coefficient (Wildman–Crippen LogP) is 2.91. The van der Waals surface area contributed by atoms with E-state index in [1.165, 1.54) is 0 Å². The van der Waals surface area contributed by atoms with E-state index in [1.807, 2.05) is 38.1 Å². The summed E-state index contributed by atoms with van der Waals surface area (Å²) in [4.78, 5) is 11.8. The largest absolute Gasteiger partial charge is 0.385 e. The molecule has 0 heterocycles. The molecule has 0 radical (unpaired) electrons. The highest BCUT2D eigenvalue weighted by molar-refractivity contribution is 6.30. The van der Waals surface area contributed by atoms with Gasteiger partial charge in [0.05, 0.1) is 5.54 Å². The van der Waals surface area contributed by atoms with Gasteiger partial charge in [0.25, 0.3) is 0 Å². The van der Waals surface area contributed by atoms with Crippen LogP contribution in [-0.4, -0.2) is 26.3 Å². The number of methoxy groups -OCH3 is 1. The molecule has 0 saturated heterocycles. The van der Waals surface area contributed by atoms with Gasteiger partial charge in [0.15, 0.2) is 0 Å². The Bertz CT molecular complexity index is 404. The minimum absolute atomic E-state index is 0.184. The van der Waals surface area contributed by atoms with Crippen molar-refractivity contribution in [3.63, 3.8) is 0 Å². The van der Waals surface area contributed by atoms with Gasteiger partial charge in [-0.2, -0.15) is 0 Å². The van der Waals surface area contributed by atoms with Crippen LogP contribution in [0.5, 0.6) is 0 Å². The minimum atomic E-state index is -0.448. The zero-order valence-corrected chi connectivity index (χ0v) is 12.4. The first-order chi connectivity index (χ1) is 8.95. The van der Waals surface area contributed by atoms with Gasteiger partial charge < -0.3 is 15.4 Å². The second-order valence-corrected chi connectivity index (χ2v) is 5.30. The number of ether oxygens (including phenoxy) is 1. The highest BCUT2D eigenvalue weighted by Crippen LogP contribution is 2.21. The van der Waals surface area contributed by atoms with E-state index in [0.717, 1.165) is 12.0 Å². The summed E-state index contributed by atoms with van der Waals surface area (Å²) >= 11 is 5.85. The molecule has 19 heavy (non-hydrogen) atoms. The lowest BCUT2D eigenvalue weighted by Crippen LogP contribution is -2.46. The van der Waals surface area contributed by atoms with Gasteiger partial charge in [0.1, 0.15) is 0 Å². The van der Waals surface area contributed by atoms with Crippen molar-refractivity contribution in [3.05, 3.63) is 34.9 Å². The Kier molecular flexibility index (Phi) is 6.12. The van der Waals surface area contributed by atoms with Gasteiger partial charge in [0.2, 0.25) is 0 Å². The highest BCUT2D eigenvalue weighted by Gasteiger charge is 2.22. The van der Waals surface area contributed by atoms with Gasteiger partial charge in [-0.15, -0.1) is 0 Å². The molecular weight excluding hydrogens is 264 g/mol. The number of rotatable bonds is 6. The molecule has 0 unspecified atom stereocenters. The second kappa shape index (κ2) is 7.36. The molecule has 1 aromatic carbocycles. The molecule has 106 valence electrons. The standard InChI is InChI=1S/C14H21ClN2O2/c1-14(2,11-5-7-12(15)8-6-11)17-13(18)16-9-4-10-19-3/h5-8H,4,9-10H2,1-3H3,(H2,16,17,18). The Morgan fingerprint density at radius 2 is 1.95 bits per heavy atom. The Hall–Kier alpha value is -1.26. The number of halogens is 1. The normalized spacial score (nSPS) is 11.2. The van der Waals surface area contributed by atoms with E-state index in [0.29, 0.717) is 18.2 Å². The maximum Gasteiger partial charge on any atom is 0.315 e. The molecule has 4 nitrogen and oxygen atoms in total. The molecule has 2 N–H and O–H groups in total. The van der Waals surface area contributed by atoms with Crippen LogP contribution in [0.15, 0.2) is 24.3 Å². The number of urea groups is 1. The summed E-state index contributed by atoms with van der Waals surface area (Å²) < 4.78 is 4.92. The number of carbonyl (C=O) groups excluding carboxylic acids is 1. The van der Waals surface area contributed by atoms with Crippen LogP contribution in [0.1, 0.15) is 25.8 Å². The first kappa shape index (κ1) is 15.8. The van der Waals surface area contributed by atoms with Crippen molar-refractivity contribution in [2.45, 2.75) is 25.8 Å². The summed E-state index contributed by atoms with van der Waals surface area (Å²) in [5, 5.41) is 6.42. The molecule has 1 rings (SSSR count). The van der Waals surface area contributed by atoms with Crippen LogP contribution in [0.4, 0.5) is 4.79 Å². The van der Waals surface area contributed by atoms with Crippen LogP contribution in [0.25, 0.3) is 0 Å². The van der Waals surface area contributed by atoms with E-state index in [2.05, 4.69) is 10.6 Å². The Morgan fingerprint density at radius 3 is 2.53 bits per heavy atom. The average Bonchev–Trinajstić information content (AvgIpc) is 2.34. The maximum absolute atomic E-state index is 11.8. The van der Waals surface area contributed by atoms with E-state index in [1.54, 1.807) is 7.11 Å². The maximum atomic E-state index is 11.8. The van der Waals surface area contributed by atoms with Crippen molar-refractivity contribution >= 4 is 17.6 Å². The number of amides is 2. The fourth-order valence-electron chi connectivity index (χ4n) is 1.69. The van der Waals surface area contributed by atoms with Crippen molar-refractivity contribution < 1.29 is 9.53 Å². The lowest BCUT2D eigenvalue weighted by atomic mass is 9.94. The molecule has 0 aliphatic rings. The van der Waals surface area contributed by atoms with Gasteiger partial charge >= 0.3 is 6.03 Å². The van der Waals surface area contributed by atoms with Crippen molar-refractivity contribution in [2.24, 2.45) is 0 Å². The predicted molar refractivity (Wildman–Crippen MR) is 77.5 cm³/mol. The van der Waals surface area contributed by atoms with Crippen molar-refractivity contribution in [1.29, 1.82) is 0 Å². The van der Waals surface area contributed by atoms with E-state index < -0.39 is 5.54 Å². The third-order valence-corrected chi connectivity index (χ3v) is 3.05. The number of carbonyl (C=O) groups is 1. The topological polar surface area (TPSA) is 50.4 Å². The fraction of sp³-hybridized carbons (Fsp3) is 0.500. The van der Waals surface area contributed by atoms with Crippen LogP contribution < -0.4 is 10.6 Å². The van der Waals surface area contributed by atoms with E-state index in [9.17, 15) is 4.79 Å². The summed E-state index contributed by atoms with van der Waals surface area (Å²) in [5.74, 6) is 0. The molecule has 0 fully saturated rings. The molecule has 1 aromatic rings. The highest BCUT2D eigenvalue weighted by atomic mass is 35.5. The lowest BCUT2D eigenvalue weighted by Gasteiger charge is -2.27. The third kappa shape index (κ3) is 5.49. The minimum Gasteiger partial charge on any atom is -0.385 e. The number of benzene rings is 1. The Labute approximate surface area is 119 Å². The van der Waals surface area contributed by atoms with Crippen LogP contribution in [-0.2, 0) is 10.3 Å². The zero-order valence-electron chi connectivity index (χ0n) is 11.6. The third-order valence-electron chi connectivity index (χ3n) is 2.80. The van der Waals surface area contributed by atoms with Crippen LogP contribution in [0.2, 0.25) is 5.02 Å². The first-order valence-corrected chi connectivity index (χ1v) is 6.64. The number of hydrogen-bond acceptors (Lipinski definition) is 2. The van der Waals surface area contributed by atoms with Crippen LogP contribution >= 0.6 is 11.6 Å². The fourth-order valence-corrected chi connectivity index (χ4v) is 1.81.